The molecule has 1 aromatic carbocycles. The summed E-state index contributed by atoms with van der Waals surface area (Å²) in [5, 5.41) is 3.53. The van der Waals surface area contributed by atoms with Crippen molar-refractivity contribution in [2.75, 3.05) is 26.4 Å². The fraction of sp³-hybridized carbons (Fsp3) is 0.667. The van der Waals surface area contributed by atoms with Crippen molar-refractivity contribution in [2.45, 2.75) is 51.7 Å². The average Bonchev–Trinajstić information content (AvgIpc) is 2.52. The van der Waals surface area contributed by atoms with Crippen molar-refractivity contribution >= 4 is 0 Å². The van der Waals surface area contributed by atoms with Gasteiger partial charge in [-0.3, -0.25) is 0 Å². The first-order valence-electron chi connectivity index (χ1n) is 8.23. The zero-order chi connectivity index (χ0) is 15.1. The van der Waals surface area contributed by atoms with Crippen molar-refractivity contribution in [3.05, 3.63) is 35.4 Å². The molecule has 0 saturated carbocycles. The molecule has 3 nitrogen and oxygen atoms in total. The van der Waals surface area contributed by atoms with Gasteiger partial charge in [0.25, 0.3) is 0 Å². The van der Waals surface area contributed by atoms with Gasteiger partial charge in [-0.2, -0.15) is 0 Å². The molecule has 3 heteroatoms. The highest BCUT2D eigenvalue weighted by atomic mass is 16.5. The van der Waals surface area contributed by atoms with Gasteiger partial charge >= 0.3 is 0 Å². The molecule has 0 amide bonds. The van der Waals surface area contributed by atoms with Crippen molar-refractivity contribution in [3.63, 3.8) is 0 Å². The standard InChI is InChI=1S/C18H29NO2/c1-4-19-18(13-21-17-9-11-20-12-10-17)16-7-5-15(6-8-16)14(2)3/h5-8,14,17-19H,4,9-13H2,1-3H3. The van der Waals surface area contributed by atoms with E-state index in [2.05, 4.69) is 50.4 Å². The van der Waals surface area contributed by atoms with Crippen LogP contribution < -0.4 is 5.32 Å². The van der Waals surface area contributed by atoms with Gasteiger partial charge in [-0.1, -0.05) is 45.0 Å². The van der Waals surface area contributed by atoms with Gasteiger partial charge in [0.05, 0.1) is 18.8 Å². The van der Waals surface area contributed by atoms with Crippen molar-refractivity contribution in [2.24, 2.45) is 0 Å². The molecule has 1 heterocycles. The van der Waals surface area contributed by atoms with Gasteiger partial charge in [-0.15, -0.1) is 0 Å². The van der Waals surface area contributed by atoms with Crippen molar-refractivity contribution in [1.82, 2.24) is 5.32 Å². The average molecular weight is 291 g/mol. The predicted molar refractivity (Wildman–Crippen MR) is 86.7 cm³/mol. The number of hydrogen-bond acceptors (Lipinski definition) is 3. The zero-order valence-corrected chi connectivity index (χ0v) is 13.6. The Morgan fingerprint density at radius 1 is 1.14 bits per heavy atom. The van der Waals surface area contributed by atoms with Gasteiger partial charge in [0.2, 0.25) is 0 Å². The lowest BCUT2D eigenvalue weighted by Crippen LogP contribution is -2.30. The highest BCUT2D eigenvalue weighted by Crippen LogP contribution is 2.20. The highest BCUT2D eigenvalue weighted by Gasteiger charge is 2.17. The molecule has 1 N–H and O–H groups in total. The number of benzene rings is 1. The molecule has 1 unspecified atom stereocenters. The van der Waals surface area contributed by atoms with E-state index in [1.165, 1.54) is 11.1 Å². The second kappa shape index (κ2) is 8.52. The molecule has 1 aliphatic heterocycles. The smallest absolute Gasteiger partial charge is 0.0665 e. The van der Waals surface area contributed by atoms with Crippen LogP contribution in [0.1, 0.15) is 56.7 Å². The van der Waals surface area contributed by atoms with Crippen LogP contribution in [0, 0.1) is 0 Å². The maximum absolute atomic E-state index is 6.09. The fourth-order valence-electron chi connectivity index (χ4n) is 2.71. The normalized spacial score (nSPS) is 18.1. The van der Waals surface area contributed by atoms with Crippen molar-refractivity contribution in [1.29, 1.82) is 0 Å². The van der Waals surface area contributed by atoms with E-state index in [1.807, 2.05) is 0 Å². The lowest BCUT2D eigenvalue weighted by molar-refractivity contribution is -0.0382. The van der Waals surface area contributed by atoms with Crippen molar-refractivity contribution in [3.8, 4) is 0 Å². The molecule has 1 fully saturated rings. The number of ether oxygens (including phenoxy) is 2. The molecule has 1 atom stereocenters. The van der Waals surface area contributed by atoms with Gasteiger partial charge in [-0.25, -0.2) is 0 Å². The Kier molecular flexibility index (Phi) is 6.68. The van der Waals surface area contributed by atoms with Crippen LogP contribution in [0.15, 0.2) is 24.3 Å². The first kappa shape index (κ1) is 16.5. The first-order chi connectivity index (χ1) is 10.2. The minimum Gasteiger partial charge on any atom is -0.381 e. The van der Waals surface area contributed by atoms with E-state index in [0.717, 1.165) is 39.2 Å². The van der Waals surface area contributed by atoms with Crippen LogP contribution in [-0.2, 0) is 9.47 Å². The number of likely N-dealkylation sites (N-methyl/N-ethyl adjacent to an activating group) is 1. The quantitative estimate of drug-likeness (QED) is 0.831. The molecule has 0 bridgehead atoms. The summed E-state index contributed by atoms with van der Waals surface area (Å²) in [6.07, 6.45) is 2.39. The Morgan fingerprint density at radius 3 is 2.33 bits per heavy atom. The molecule has 0 radical (unpaired) electrons. The monoisotopic (exact) mass is 291 g/mol. The third-order valence-corrected chi connectivity index (χ3v) is 4.12. The summed E-state index contributed by atoms with van der Waals surface area (Å²) in [5.41, 5.74) is 2.70. The topological polar surface area (TPSA) is 30.5 Å². The Bertz CT molecular complexity index is 396. The van der Waals surface area contributed by atoms with Crippen molar-refractivity contribution < 1.29 is 9.47 Å². The summed E-state index contributed by atoms with van der Waals surface area (Å²) in [6.45, 7) is 9.95. The highest BCUT2D eigenvalue weighted by molar-refractivity contribution is 5.27. The van der Waals surface area contributed by atoms with E-state index in [4.69, 9.17) is 9.47 Å². The summed E-state index contributed by atoms with van der Waals surface area (Å²) in [6, 6.07) is 9.21. The summed E-state index contributed by atoms with van der Waals surface area (Å²) in [5.74, 6) is 0.579. The van der Waals surface area contributed by atoms with Crippen LogP contribution in [0.4, 0.5) is 0 Å². The van der Waals surface area contributed by atoms with Gasteiger partial charge in [0.15, 0.2) is 0 Å². The Labute approximate surface area is 129 Å². The minimum atomic E-state index is 0.277. The molecule has 2 rings (SSSR count). The second-order valence-electron chi connectivity index (χ2n) is 6.08. The van der Waals surface area contributed by atoms with Gasteiger partial charge in [0.1, 0.15) is 0 Å². The summed E-state index contributed by atoms with van der Waals surface area (Å²) >= 11 is 0. The Hall–Kier alpha value is -0.900. The van der Waals surface area contributed by atoms with Crippen LogP contribution in [0.5, 0.6) is 0 Å². The SMILES string of the molecule is CCNC(COC1CCOCC1)c1ccc(C(C)C)cc1. The zero-order valence-electron chi connectivity index (χ0n) is 13.6. The van der Waals surface area contributed by atoms with Crippen LogP contribution >= 0.6 is 0 Å². The molecule has 1 aromatic rings. The molecule has 1 saturated heterocycles. The number of hydrogen-bond donors (Lipinski definition) is 1. The molecule has 0 aromatic heterocycles. The maximum Gasteiger partial charge on any atom is 0.0665 e. The molecule has 0 spiro atoms. The lowest BCUT2D eigenvalue weighted by Gasteiger charge is -2.26. The largest absolute Gasteiger partial charge is 0.381 e. The summed E-state index contributed by atoms with van der Waals surface area (Å²) in [7, 11) is 0. The van der Waals surface area contributed by atoms with E-state index < -0.39 is 0 Å². The predicted octanol–water partition coefficient (Wildman–Crippen LogP) is 3.66. The van der Waals surface area contributed by atoms with E-state index in [1.54, 1.807) is 0 Å². The second-order valence-corrected chi connectivity index (χ2v) is 6.08. The molecule has 118 valence electrons. The van der Waals surface area contributed by atoms with Gasteiger partial charge in [0, 0.05) is 13.2 Å². The summed E-state index contributed by atoms with van der Waals surface area (Å²) < 4.78 is 11.5. The van der Waals surface area contributed by atoms with Crippen LogP contribution in [-0.4, -0.2) is 32.5 Å². The van der Waals surface area contributed by atoms with E-state index in [9.17, 15) is 0 Å². The van der Waals surface area contributed by atoms with Crippen LogP contribution in [0.25, 0.3) is 0 Å². The third kappa shape index (κ3) is 5.10. The lowest BCUT2D eigenvalue weighted by atomic mass is 9.99. The summed E-state index contributed by atoms with van der Waals surface area (Å²) in [4.78, 5) is 0. The molecular weight excluding hydrogens is 262 g/mol. The third-order valence-electron chi connectivity index (χ3n) is 4.12. The molecular formula is C18H29NO2. The van der Waals surface area contributed by atoms with E-state index in [0.29, 0.717) is 12.0 Å². The van der Waals surface area contributed by atoms with E-state index in [-0.39, 0.29) is 6.04 Å². The molecule has 0 aliphatic carbocycles. The Balaban J connectivity index is 1.93. The molecule has 1 aliphatic rings. The van der Waals surface area contributed by atoms with Gasteiger partial charge < -0.3 is 14.8 Å². The number of nitrogens with one attached hydrogen (secondary N) is 1. The fourth-order valence-corrected chi connectivity index (χ4v) is 2.71. The number of rotatable bonds is 7. The van der Waals surface area contributed by atoms with Crippen LogP contribution in [0.2, 0.25) is 0 Å². The van der Waals surface area contributed by atoms with Gasteiger partial charge in [-0.05, 0) is 36.4 Å². The van der Waals surface area contributed by atoms with E-state index >= 15 is 0 Å². The first-order valence-corrected chi connectivity index (χ1v) is 8.23. The van der Waals surface area contributed by atoms with Crippen LogP contribution in [0.3, 0.4) is 0 Å². The Morgan fingerprint density at radius 2 is 1.76 bits per heavy atom. The maximum atomic E-state index is 6.09. The molecule has 21 heavy (non-hydrogen) atoms. The minimum absolute atomic E-state index is 0.277.